The summed E-state index contributed by atoms with van der Waals surface area (Å²) in [6, 6.07) is 4.73. The monoisotopic (exact) mass is 263 g/mol. The Bertz CT molecular complexity index is 516. The fourth-order valence-corrected chi connectivity index (χ4v) is 2.35. The van der Waals surface area contributed by atoms with E-state index in [1.807, 2.05) is 6.92 Å². The first-order valence-electron chi connectivity index (χ1n) is 6.28. The van der Waals surface area contributed by atoms with E-state index in [2.05, 4.69) is 5.32 Å². The smallest absolute Gasteiger partial charge is 0.273 e. The van der Waals surface area contributed by atoms with Crippen molar-refractivity contribution in [3.63, 3.8) is 0 Å². The van der Waals surface area contributed by atoms with Gasteiger partial charge in [0.05, 0.1) is 4.92 Å². The largest absolute Gasteiger partial charge is 0.333 e. The maximum absolute atomic E-state index is 12.5. The average Bonchev–Trinajstić information content (AvgIpc) is 2.38. The van der Waals surface area contributed by atoms with E-state index in [-0.39, 0.29) is 17.6 Å². The molecule has 2 rings (SSSR count). The topological polar surface area (TPSA) is 75.5 Å². The number of carbonyl (C=O) groups excluding carboxylic acids is 1. The van der Waals surface area contributed by atoms with E-state index in [1.165, 1.54) is 6.07 Å². The molecule has 0 aromatic heterocycles. The standard InChI is InChI=1S/C13H17N3O3/c1-9-8-14-6-7-15(9)13(17)11-4-3-5-12(10(11)2)16(18)19/h3-5,9,14H,6-8H2,1-2H3/t9-/m1/s1. The lowest BCUT2D eigenvalue weighted by Gasteiger charge is -2.34. The summed E-state index contributed by atoms with van der Waals surface area (Å²) in [6.07, 6.45) is 0. The van der Waals surface area contributed by atoms with Crippen LogP contribution in [-0.4, -0.2) is 41.4 Å². The maximum Gasteiger partial charge on any atom is 0.273 e. The van der Waals surface area contributed by atoms with Crippen LogP contribution in [0, 0.1) is 17.0 Å². The predicted molar refractivity (Wildman–Crippen MR) is 71.2 cm³/mol. The minimum absolute atomic E-state index is 0.00589. The Hall–Kier alpha value is -1.95. The number of nitro groups is 1. The summed E-state index contributed by atoms with van der Waals surface area (Å²) in [4.78, 5) is 24.7. The lowest BCUT2D eigenvalue weighted by atomic mass is 10.0. The van der Waals surface area contributed by atoms with Crippen LogP contribution in [0.1, 0.15) is 22.8 Å². The molecule has 0 spiro atoms. The van der Waals surface area contributed by atoms with Gasteiger partial charge in [-0.1, -0.05) is 6.07 Å². The maximum atomic E-state index is 12.5. The summed E-state index contributed by atoms with van der Waals surface area (Å²) in [7, 11) is 0. The zero-order valence-corrected chi connectivity index (χ0v) is 11.0. The van der Waals surface area contributed by atoms with Crippen LogP contribution in [0.15, 0.2) is 18.2 Å². The number of carbonyl (C=O) groups is 1. The van der Waals surface area contributed by atoms with Gasteiger partial charge in [-0.2, -0.15) is 0 Å². The summed E-state index contributed by atoms with van der Waals surface area (Å²) < 4.78 is 0. The van der Waals surface area contributed by atoms with Crippen LogP contribution < -0.4 is 5.32 Å². The summed E-state index contributed by atoms with van der Waals surface area (Å²) in [5, 5.41) is 14.1. The number of hydrogen-bond acceptors (Lipinski definition) is 4. The molecule has 1 heterocycles. The van der Waals surface area contributed by atoms with Crippen molar-refractivity contribution in [1.82, 2.24) is 10.2 Å². The van der Waals surface area contributed by atoms with Gasteiger partial charge in [0.2, 0.25) is 0 Å². The Balaban J connectivity index is 2.33. The summed E-state index contributed by atoms with van der Waals surface area (Å²) in [5.41, 5.74) is 0.847. The zero-order valence-electron chi connectivity index (χ0n) is 11.0. The highest BCUT2D eigenvalue weighted by atomic mass is 16.6. The van der Waals surface area contributed by atoms with Gasteiger partial charge in [-0.3, -0.25) is 14.9 Å². The van der Waals surface area contributed by atoms with Crippen molar-refractivity contribution in [3.05, 3.63) is 39.4 Å². The lowest BCUT2D eigenvalue weighted by molar-refractivity contribution is -0.385. The lowest BCUT2D eigenvalue weighted by Crippen LogP contribution is -2.52. The molecule has 0 radical (unpaired) electrons. The summed E-state index contributed by atoms with van der Waals surface area (Å²) in [6.45, 7) is 5.72. The third-order valence-electron chi connectivity index (χ3n) is 3.49. The molecule has 1 amide bonds. The third-order valence-corrected chi connectivity index (χ3v) is 3.49. The van der Waals surface area contributed by atoms with E-state index in [0.29, 0.717) is 17.7 Å². The van der Waals surface area contributed by atoms with Gasteiger partial charge in [-0.15, -0.1) is 0 Å². The molecule has 6 nitrogen and oxygen atoms in total. The van der Waals surface area contributed by atoms with Gasteiger partial charge in [-0.25, -0.2) is 0 Å². The molecule has 102 valence electrons. The zero-order chi connectivity index (χ0) is 14.0. The predicted octanol–water partition coefficient (Wildman–Crippen LogP) is 1.34. The minimum Gasteiger partial charge on any atom is -0.333 e. The molecule has 6 heteroatoms. The number of hydrogen-bond donors (Lipinski definition) is 1. The van der Waals surface area contributed by atoms with E-state index in [4.69, 9.17) is 0 Å². The van der Waals surface area contributed by atoms with Crippen LogP contribution in [0.2, 0.25) is 0 Å². The average molecular weight is 263 g/mol. The molecule has 0 aliphatic carbocycles. The number of rotatable bonds is 2. The van der Waals surface area contributed by atoms with Crippen LogP contribution in [0.5, 0.6) is 0 Å². The van der Waals surface area contributed by atoms with Gasteiger partial charge in [0.1, 0.15) is 0 Å². The van der Waals surface area contributed by atoms with Crippen LogP contribution in [0.4, 0.5) is 5.69 Å². The Morgan fingerprint density at radius 1 is 1.53 bits per heavy atom. The SMILES string of the molecule is Cc1c(C(=O)N2CCNC[C@H]2C)cccc1[N+](=O)[O-]. The molecule has 19 heavy (non-hydrogen) atoms. The van der Waals surface area contributed by atoms with E-state index >= 15 is 0 Å². The first-order chi connectivity index (χ1) is 9.02. The van der Waals surface area contributed by atoms with Crippen molar-refractivity contribution >= 4 is 11.6 Å². The number of nitrogens with zero attached hydrogens (tertiary/aromatic N) is 2. The van der Waals surface area contributed by atoms with Crippen molar-refractivity contribution in [2.45, 2.75) is 19.9 Å². The molecule has 1 aliphatic rings. The fourth-order valence-electron chi connectivity index (χ4n) is 2.35. The molecule has 1 atom stereocenters. The number of piperazine rings is 1. The summed E-state index contributed by atoms with van der Waals surface area (Å²) in [5.74, 6) is -0.129. The van der Waals surface area contributed by atoms with Gasteiger partial charge in [-0.05, 0) is 19.9 Å². The molecular formula is C13H17N3O3. The Kier molecular flexibility index (Phi) is 3.80. The number of amides is 1. The molecule has 1 saturated heterocycles. The van der Waals surface area contributed by atoms with Crippen molar-refractivity contribution in [1.29, 1.82) is 0 Å². The van der Waals surface area contributed by atoms with Crippen molar-refractivity contribution in [2.24, 2.45) is 0 Å². The molecule has 0 bridgehead atoms. The highest BCUT2D eigenvalue weighted by molar-refractivity contribution is 5.96. The van der Waals surface area contributed by atoms with Crippen LogP contribution >= 0.6 is 0 Å². The summed E-state index contributed by atoms with van der Waals surface area (Å²) >= 11 is 0. The van der Waals surface area contributed by atoms with Gasteiger partial charge >= 0.3 is 0 Å². The van der Waals surface area contributed by atoms with E-state index < -0.39 is 4.92 Å². The molecule has 1 N–H and O–H groups in total. The van der Waals surface area contributed by atoms with E-state index in [9.17, 15) is 14.9 Å². The number of nitro benzene ring substituents is 1. The van der Waals surface area contributed by atoms with Crippen molar-refractivity contribution < 1.29 is 9.72 Å². The van der Waals surface area contributed by atoms with Crippen molar-refractivity contribution in [2.75, 3.05) is 19.6 Å². The molecule has 1 aromatic rings. The van der Waals surface area contributed by atoms with Gasteiger partial charge in [0, 0.05) is 42.9 Å². The molecule has 1 fully saturated rings. The highest BCUT2D eigenvalue weighted by Crippen LogP contribution is 2.23. The molecule has 0 saturated carbocycles. The highest BCUT2D eigenvalue weighted by Gasteiger charge is 2.27. The van der Waals surface area contributed by atoms with E-state index in [0.717, 1.165) is 13.1 Å². The van der Waals surface area contributed by atoms with Crippen LogP contribution in [0.3, 0.4) is 0 Å². The number of nitrogens with one attached hydrogen (secondary N) is 1. The molecule has 0 unspecified atom stereocenters. The number of benzene rings is 1. The second kappa shape index (κ2) is 5.36. The van der Waals surface area contributed by atoms with Gasteiger partial charge in [0.15, 0.2) is 0 Å². The quantitative estimate of drug-likeness (QED) is 0.645. The Morgan fingerprint density at radius 2 is 2.26 bits per heavy atom. The van der Waals surface area contributed by atoms with Crippen LogP contribution in [-0.2, 0) is 0 Å². The first-order valence-corrected chi connectivity index (χ1v) is 6.28. The van der Waals surface area contributed by atoms with Gasteiger partial charge < -0.3 is 10.2 Å². The second-order valence-electron chi connectivity index (χ2n) is 4.76. The molecular weight excluding hydrogens is 246 g/mol. The molecule has 1 aliphatic heterocycles. The minimum atomic E-state index is -0.451. The van der Waals surface area contributed by atoms with Crippen molar-refractivity contribution in [3.8, 4) is 0 Å². The molecule has 1 aromatic carbocycles. The normalized spacial score (nSPS) is 19.3. The van der Waals surface area contributed by atoms with Crippen LogP contribution in [0.25, 0.3) is 0 Å². The fraction of sp³-hybridized carbons (Fsp3) is 0.462. The van der Waals surface area contributed by atoms with E-state index in [1.54, 1.807) is 24.0 Å². The third kappa shape index (κ3) is 2.58. The van der Waals surface area contributed by atoms with Gasteiger partial charge in [0.25, 0.3) is 11.6 Å². The Morgan fingerprint density at radius 3 is 2.89 bits per heavy atom. The first kappa shape index (κ1) is 13.5. The second-order valence-corrected chi connectivity index (χ2v) is 4.76. The Labute approximate surface area is 111 Å².